The maximum absolute atomic E-state index is 6.50. The summed E-state index contributed by atoms with van der Waals surface area (Å²) in [5.41, 5.74) is 12.4. The number of hydrogen-bond donors (Lipinski definition) is 4. The van der Waals surface area contributed by atoms with Gasteiger partial charge in [-0.25, -0.2) is 9.98 Å². The first-order valence-electron chi connectivity index (χ1n) is 6.15. The predicted molar refractivity (Wildman–Crippen MR) is 66.3 cm³/mol. The Labute approximate surface area is 99.9 Å². The molecule has 0 radical (unpaired) electrons. The first-order chi connectivity index (χ1) is 8.20. The van der Waals surface area contributed by atoms with Crippen LogP contribution in [0.25, 0.3) is 0 Å². The number of hydrogen-bond acceptors (Lipinski definition) is 5. The van der Waals surface area contributed by atoms with Gasteiger partial charge in [0.25, 0.3) is 0 Å². The van der Waals surface area contributed by atoms with Gasteiger partial charge in [0.15, 0.2) is 17.4 Å². The fourth-order valence-electron chi connectivity index (χ4n) is 2.94. The molecule has 92 valence electrons. The Morgan fingerprint density at radius 2 is 2.06 bits per heavy atom. The highest BCUT2D eigenvalue weighted by atomic mass is 15.3. The Morgan fingerprint density at radius 3 is 2.82 bits per heavy atom. The van der Waals surface area contributed by atoms with E-state index < -0.39 is 5.66 Å². The average molecular weight is 234 g/mol. The first-order valence-corrected chi connectivity index (χ1v) is 6.15. The van der Waals surface area contributed by atoms with Gasteiger partial charge in [0.1, 0.15) is 5.69 Å². The first kappa shape index (κ1) is 10.6. The van der Waals surface area contributed by atoms with Crippen LogP contribution in [0.5, 0.6) is 0 Å². The lowest BCUT2D eigenvalue weighted by Crippen LogP contribution is -2.49. The van der Waals surface area contributed by atoms with Crippen LogP contribution in [0.1, 0.15) is 37.8 Å². The summed E-state index contributed by atoms with van der Waals surface area (Å²) in [4.78, 5) is 11.7. The maximum Gasteiger partial charge on any atom is 0.196 e. The second-order valence-corrected chi connectivity index (χ2v) is 4.91. The average Bonchev–Trinajstić information content (AvgIpc) is 2.79. The van der Waals surface area contributed by atoms with Gasteiger partial charge in [-0.1, -0.05) is 19.3 Å². The second-order valence-electron chi connectivity index (χ2n) is 4.91. The van der Waals surface area contributed by atoms with E-state index in [9.17, 15) is 0 Å². The van der Waals surface area contributed by atoms with Gasteiger partial charge >= 0.3 is 0 Å². The number of guanidine groups is 1. The van der Waals surface area contributed by atoms with E-state index in [2.05, 4.69) is 20.3 Å². The summed E-state index contributed by atoms with van der Waals surface area (Å²) in [5, 5.41) is 2.94. The Morgan fingerprint density at radius 1 is 1.29 bits per heavy atom. The van der Waals surface area contributed by atoms with Crippen LogP contribution in [0.3, 0.4) is 0 Å². The third kappa shape index (κ3) is 1.59. The monoisotopic (exact) mass is 234 g/mol. The highest BCUT2D eigenvalue weighted by molar-refractivity contribution is 5.94. The van der Waals surface area contributed by atoms with Crippen LogP contribution in [-0.2, 0) is 5.66 Å². The van der Waals surface area contributed by atoms with Crippen LogP contribution in [0.15, 0.2) is 11.3 Å². The number of nitrogens with zero attached hydrogens (tertiary/aromatic N) is 2. The summed E-state index contributed by atoms with van der Waals surface area (Å²) in [7, 11) is 0. The van der Waals surface area contributed by atoms with Crippen LogP contribution in [-0.4, -0.2) is 15.9 Å². The Balaban J connectivity index is 2.01. The number of rotatable bonds is 1. The molecule has 1 aromatic heterocycles. The van der Waals surface area contributed by atoms with Crippen LogP contribution in [0, 0.1) is 5.92 Å². The van der Waals surface area contributed by atoms with Crippen molar-refractivity contribution in [2.45, 2.75) is 37.8 Å². The third-order valence-corrected chi connectivity index (χ3v) is 3.82. The molecule has 0 aromatic carbocycles. The zero-order valence-corrected chi connectivity index (χ0v) is 9.74. The van der Waals surface area contributed by atoms with Gasteiger partial charge in [-0.2, -0.15) is 0 Å². The van der Waals surface area contributed by atoms with E-state index in [0.717, 1.165) is 18.5 Å². The summed E-state index contributed by atoms with van der Waals surface area (Å²) in [5.74, 6) is 1.42. The van der Waals surface area contributed by atoms with Crippen molar-refractivity contribution in [3.05, 3.63) is 12.0 Å². The summed E-state index contributed by atoms with van der Waals surface area (Å²) in [6.07, 6.45) is 7.57. The molecule has 0 bridgehead atoms. The third-order valence-electron chi connectivity index (χ3n) is 3.82. The van der Waals surface area contributed by atoms with Crippen molar-refractivity contribution < 1.29 is 0 Å². The normalized spacial score (nSPS) is 29.4. The summed E-state index contributed by atoms with van der Waals surface area (Å²) in [6.45, 7) is 0. The molecule has 0 amide bonds. The Hall–Kier alpha value is -1.56. The number of fused-ring (bicyclic) bond motifs is 1. The van der Waals surface area contributed by atoms with Gasteiger partial charge in [0, 0.05) is 5.92 Å². The molecule has 3 rings (SSSR count). The fourth-order valence-corrected chi connectivity index (χ4v) is 2.94. The van der Waals surface area contributed by atoms with Crippen molar-refractivity contribution in [2.75, 3.05) is 5.32 Å². The minimum absolute atomic E-state index is 0.344. The van der Waals surface area contributed by atoms with E-state index in [-0.39, 0.29) is 0 Å². The molecule has 6 heteroatoms. The number of nitrogens with one attached hydrogen (secondary N) is 2. The van der Waals surface area contributed by atoms with Crippen molar-refractivity contribution in [1.29, 1.82) is 0 Å². The molecule has 2 aliphatic rings. The molecule has 0 saturated heterocycles. The molecule has 17 heavy (non-hydrogen) atoms. The molecular formula is C11H18N6. The van der Waals surface area contributed by atoms with E-state index >= 15 is 0 Å². The van der Waals surface area contributed by atoms with Gasteiger partial charge in [-0.05, 0) is 12.8 Å². The van der Waals surface area contributed by atoms with Crippen LogP contribution >= 0.6 is 0 Å². The Bertz CT molecular complexity index is 445. The number of aromatic nitrogens is 2. The molecule has 1 aromatic rings. The summed E-state index contributed by atoms with van der Waals surface area (Å²) in [6, 6.07) is 0. The van der Waals surface area contributed by atoms with E-state index in [4.69, 9.17) is 11.5 Å². The van der Waals surface area contributed by atoms with Crippen molar-refractivity contribution in [2.24, 2.45) is 22.4 Å². The minimum atomic E-state index is -0.735. The van der Waals surface area contributed by atoms with Gasteiger partial charge in [-0.15, -0.1) is 0 Å². The van der Waals surface area contributed by atoms with Gasteiger partial charge < -0.3 is 21.8 Å². The zero-order chi connectivity index (χ0) is 11.9. The lowest BCUT2D eigenvalue weighted by atomic mass is 9.78. The number of aliphatic imine (C=N–C) groups is 1. The molecule has 6 nitrogen and oxygen atoms in total. The number of H-pyrrole nitrogens is 1. The van der Waals surface area contributed by atoms with Crippen molar-refractivity contribution in [3.8, 4) is 0 Å². The second kappa shape index (κ2) is 3.73. The van der Waals surface area contributed by atoms with Crippen molar-refractivity contribution in [1.82, 2.24) is 9.97 Å². The van der Waals surface area contributed by atoms with Crippen molar-refractivity contribution in [3.63, 3.8) is 0 Å². The summed E-state index contributed by atoms with van der Waals surface area (Å²) < 4.78 is 0. The lowest BCUT2D eigenvalue weighted by Gasteiger charge is -2.38. The lowest BCUT2D eigenvalue weighted by molar-refractivity contribution is 0.209. The van der Waals surface area contributed by atoms with Crippen molar-refractivity contribution >= 4 is 11.8 Å². The molecule has 6 N–H and O–H groups in total. The summed E-state index contributed by atoms with van der Waals surface area (Å²) >= 11 is 0. The SMILES string of the molecule is NC1=NC(N)(C2CCCCC2)c2[nH]cnc2N1. The number of anilines is 1. The van der Waals surface area contributed by atoms with Crippen LogP contribution in [0.2, 0.25) is 0 Å². The van der Waals surface area contributed by atoms with Gasteiger partial charge in [0.05, 0.1) is 6.33 Å². The Kier molecular flexibility index (Phi) is 2.32. The molecule has 1 unspecified atom stereocenters. The van der Waals surface area contributed by atoms with E-state index in [0.29, 0.717) is 17.7 Å². The number of aromatic amines is 1. The molecule has 1 atom stereocenters. The number of nitrogens with two attached hydrogens (primary N) is 2. The fraction of sp³-hybridized carbons (Fsp3) is 0.636. The predicted octanol–water partition coefficient (Wildman–Crippen LogP) is 0.842. The minimum Gasteiger partial charge on any atom is -0.370 e. The molecule has 1 aliphatic carbocycles. The molecule has 1 saturated carbocycles. The molecule has 2 heterocycles. The van der Waals surface area contributed by atoms with Gasteiger partial charge in [0.2, 0.25) is 0 Å². The highest BCUT2D eigenvalue weighted by Gasteiger charge is 2.42. The quantitative estimate of drug-likeness (QED) is 0.578. The van der Waals surface area contributed by atoms with E-state index in [1.807, 2.05) is 0 Å². The smallest absolute Gasteiger partial charge is 0.196 e. The van der Waals surface area contributed by atoms with Crippen LogP contribution < -0.4 is 16.8 Å². The zero-order valence-electron chi connectivity index (χ0n) is 9.74. The molecule has 1 fully saturated rings. The largest absolute Gasteiger partial charge is 0.370 e. The highest BCUT2D eigenvalue weighted by Crippen LogP contribution is 2.41. The topological polar surface area (TPSA) is 105 Å². The molecule has 1 aliphatic heterocycles. The van der Waals surface area contributed by atoms with Crippen LogP contribution in [0.4, 0.5) is 5.82 Å². The maximum atomic E-state index is 6.50. The molecule has 0 spiro atoms. The molecular weight excluding hydrogens is 216 g/mol. The van der Waals surface area contributed by atoms with E-state index in [1.165, 1.54) is 19.3 Å². The van der Waals surface area contributed by atoms with Gasteiger partial charge in [-0.3, -0.25) is 0 Å². The van der Waals surface area contributed by atoms with E-state index in [1.54, 1.807) is 6.33 Å². The standard InChI is InChI=1S/C11H18N6/c12-10-16-9-8(14-6-15-9)11(13,17-10)7-4-2-1-3-5-7/h6-7H,1-5,13H2,(H,14,15)(H3,12,16,17). The number of imidazole rings is 1.